The Labute approximate surface area is 228 Å². The molecule has 1 aliphatic rings. The highest BCUT2D eigenvalue weighted by molar-refractivity contribution is 7.12. The molecule has 2 heterocycles. The number of aliphatic imine (C=N–C) groups is 1. The van der Waals surface area contributed by atoms with Gasteiger partial charge < -0.3 is 19.5 Å². The number of esters is 2. The van der Waals surface area contributed by atoms with Gasteiger partial charge in [0.2, 0.25) is 11.8 Å². The molecule has 0 aliphatic carbocycles. The number of carbonyl (C=O) groups is 3. The number of cyclic esters (lactones) is 1. The van der Waals surface area contributed by atoms with Crippen molar-refractivity contribution >= 4 is 46.8 Å². The van der Waals surface area contributed by atoms with E-state index in [2.05, 4.69) is 10.3 Å². The Balaban J connectivity index is 1.27. The van der Waals surface area contributed by atoms with E-state index in [1.807, 2.05) is 30.3 Å². The van der Waals surface area contributed by atoms with Gasteiger partial charge in [-0.15, -0.1) is 11.3 Å². The van der Waals surface area contributed by atoms with Gasteiger partial charge in [0.05, 0.1) is 13.5 Å². The highest BCUT2D eigenvalue weighted by Gasteiger charge is 2.24. The number of benzene rings is 3. The van der Waals surface area contributed by atoms with Crippen molar-refractivity contribution in [2.24, 2.45) is 4.99 Å². The van der Waals surface area contributed by atoms with E-state index in [1.165, 1.54) is 18.4 Å². The predicted octanol–water partition coefficient (Wildman–Crippen LogP) is 5.50. The number of hydrogen-bond donors (Lipinski definition) is 1. The number of nitrogens with one attached hydrogen (secondary N) is 1. The van der Waals surface area contributed by atoms with E-state index in [0.29, 0.717) is 27.4 Å². The summed E-state index contributed by atoms with van der Waals surface area (Å²) in [6.45, 7) is 0. The van der Waals surface area contributed by atoms with Crippen LogP contribution in [0.5, 0.6) is 11.5 Å². The minimum atomic E-state index is -0.600. The molecule has 9 heteroatoms. The standard InChI is InChI=1S/C30H22N2O6S/c1-36-25-17-20(9-14-24(25)37-30(35)26-8-5-15-39-26)16-23-29(34)38-28(32-23)21-10-12-22(13-11-21)31-27(33)18-19-6-3-2-4-7-19/h2-17H,18H2,1H3,(H,31,33)/b23-16+. The molecule has 0 radical (unpaired) electrons. The van der Waals surface area contributed by atoms with Crippen molar-refractivity contribution in [3.63, 3.8) is 0 Å². The van der Waals surface area contributed by atoms with Gasteiger partial charge >= 0.3 is 11.9 Å². The van der Waals surface area contributed by atoms with E-state index in [4.69, 9.17) is 14.2 Å². The van der Waals surface area contributed by atoms with E-state index in [0.717, 1.165) is 5.56 Å². The van der Waals surface area contributed by atoms with Crippen molar-refractivity contribution in [2.75, 3.05) is 12.4 Å². The lowest BCUT2D eigenvalue weighted by atomic mass is 10.1. The van der Waals surface area contributed by atoms with E-state index in [-0.39, 0.29) is 29.7 Å². The monoisotopic (exact) mass is 538 g/mol. The van der Waals surface area contributed by atoms with Gasteiger partial charge in [-0.2, -0.15) is 0 Å². The summed E-state index contributed by atoms with van der Waals surface area (Å²) < 4.78 is 16.2. The summed E-state index contributed by atoms with van der Waals surface area (Å²) in [5.41, 5.74) is 2.84. The zero-order valence-electron chi connectivity index (χ0n) is 20.7. The Morgan fingerprint density at radius 2 is 1.77 bits per heavy atom. The van der Waals surface area contributed by atoms with Crippen molar-refractivity contribution in [1.29, 1.82) is 0 Å². The molecule has 1 N–H and O–H groups in total. The Bertz CT molecular complexity index is 1580. The lowest BCUT2D eigenvalue weighted by Gasteiger charge is -2.09. The van der Waals surface area contributed by atoms with Crippen molar-refractivity contribution in [2.45, 2.75) is 6.42 Å². The molecule has 1 amide bonds. The molecule has 39 heavy (non-hydrogen) atoms. The number of amides is 1. The first-order chi connectivity index (χ1) is 19.0. The Morgan fingerprint density at radius 3 is 2.49 bits per heavy atom. The fourth-order valence-electron chi connectivity index (χ4n) is 3.78. The fraction of sp³-hybridized carbons (Fsp3) is 0.0667. The number of carbonyl (C=O) groups excluding carboxylic acids is 3. The van der Waals surface area contributed by atoms with Crippen LogP contribution in [0.25, 0.3) is 6.08 Å². The highest BCUT2D eigenvalue weighted by atomic mass is 32.1. The SMILES string of the molecule is COc1cc(/C=C2/N=C(c3ccc(NC(=O)Cc4ccccc4)cc3)OC2=O)ccc1OC(=O)c1cccs1. The van der Waals surface area contributed by atoms with Gasteiger partial charge in [0, 0.05) is 11.3 Å². The van der Waals surface area contributed by atoms with Crippen molar-refractivity contribution in [1.82, 2.24) is 0 Å². The minimum Gasteiger partial charge on any atom is -0.493 e. The fourth-order valence-corrected chi connectivity index (χ4v) is 4.37. The number of anilines is 1. The van der Waals surface area contributed by atoms with Crippen LogP contribution >= 0.6 is 11.3 Å². The Morgan fingerprint density at radius 1 is 0.974 bits per heavy atom. The molecule has 8 nitrogen and oxygen atoms in total. The first-order valence-corrected chi connectivity index (χ1v) is 12.8. The average Bonchev–Trinajstić information content (AvgIpc) is 3.61. The summed E-state index contributed by atoms with van der Waals surface area (Å²) in [7, 11) is 1.46. The van der Waals surface area contributed by atoms with Crippen LogP contribution in [0.3, 0.4) is 0 Å². The molecule has 1 aromatic heterocycles. The third-order valence-corrected chi connectivity index (χ3v) is 6.51. The number of nitrogens with zero attached hydrogens (tertiary/aromatic N) is 1. The van der Waals surface area contributed by atoms with E-state index >= 15 is 0 Å². The molecule has 5 rings (SSSR count). The van der Waals surface area contributed by atoms with Gasteiger partial charge in [-0.25, -0.2) is 14.6 Å². The number of rotatable bonds is 8. The molecule has 1 aliphatic heterocycles. The molecule has 194 valence electrons. The molecule has 0 fully saturated rings. The molecule has 0 unspecified atom stereocenters. The van der Waals surface area contributed by atoms with Gasteiger partial charge in [0.25, 0.3) is 0 Å². The summed E-state index contributed by atoms with van der Waals surface area (Å²) in [6.07, 6.45) is 1.82. The number of hydrogen-bond acceptors (Lipinski definition) is 8. The zero-order chi connectivity index (χ0) is 27.2. The number of methoxy groups -OCH3 is 1. The van der Waals surface area contributed by atoms with Crippen LogP contribution in [0.15, 0.2) is 101 Å². The second kappa shape index (κ2) is 11.6. The first kappa shape index (κ1) is 25.6. The molecular formula is C30H22N2O6S. The normalized spacial score (nSPS) is 13.5. The second-order valence-corrected chi connectivity index (χ2v) is 9.35. The van der Waals surface area contributed by atoms with Gasteiger partial charge in [-0.1, -0.05) is 42.5 Å². The summed E-state index contributed by atoms with van der Waals surface area (Å²) in [6, 6.07) is 24.7. The lowest BCUT2D eigenvalue weighted by Crippen LogP contribution is -2.14. The molecule has 0 bridgehead atoms. The van der Waals surface area contributed by atoms with E-state index in [9.17, 15) is 14.4 Å². The molecule has 3 aromatic carbocycles. The lowest BCUT2D eigenvalue weighted by molar-refractivity contribution is -0.130. The van der Waals surface area contributed by atoms with E-state index in [1.54, 1.807) is 66.1 Å². The van der Waals surface area contributed by atoms with Crippen LogP contribution in [0, 0.1) is 0 Å². The van der Waals surface area contributed by atoms with Gasteiger partial charge in [-0.05, 0) is 65.0 Å². The third kappa shape index (κ3) is 6.28. The largest absolute Gasteiger partial charge is 0.493 e. The quantitative estimate of drug-likeness (QED) is 0.181. The Hall–Kier alpha value is -5.02. The molecule has 0 spiro atoms. The summed E-state index contributed by atoms with van der Waals surface area (Å²) in [5, 5.41) is 4.64. The summed E-state index contributed by atoms with van der Waals surface area (Å²) in [5.74, 6) is -0.475. The van der Waals surface area contributed by atoms with Crippen molar-refractivity contribution < 1.29 is 28.6 Å². The van der Waals surface area contributed by atoms with Crippen LogP contribution < -0.4 is 14.8 Å². The average molecular weight is 539 g/mol. The number of thiophene rings is 1. The molecular weight excluding hydrogens is 516 g/mol. The topological polar surface area (TPSA) is 103 Å². The predicted molar refractivity (Wildman–Crippen MR) is 148 cm³/mol. The molecule has 0 atom stereocenters. The minimum absolute atomic E-state index is 0.107. The van der Waals surface area contributed by atoms with E-state index < -0.39 is 11.9 Å². The third-order valence-electron chi connectivity index (χ3n) is 5.66. The van der Waals surface area contributed by atoms with Crippen LogP contribution in [-0.4, -0.2) is 30.9 Å². The van der Waals surface area contributed by atoms with Gasteiger partial charge in [0.1, 0.15) is 4.88 Å². The van der Waals surface area contributed by atoms with Crippen LogP contribution in [0.1, 0.15) is 26.4 Å². The molecule has 0 saturated carbocycles. The summed E-state index contributed by atoms with van der Waals surface area (Å²) in [4.78, 5) is 41.9. The first-order valence-electron chi connectivity index (χ1n) is 11.9. The summed E-state index contributed by atoms with van der Waals surface area (Å²) >= 11 is 1.28. The number of ether oxygens (including phenoxy) is 3. The zero-order valence-corrected chi connectivity index (χ0v) is 21.6. The molecule has 0 saturated heterocycles. The van der Waals surface area contributed by atoms with Gasteiger partial charge in [0.15, 0.2) is 17.2 Å². The maximum absolute atomic E-state index is 12.5. The van der Waals surface area contributed by atoms with Crippen molar-refractivity contribution in [3.05, 3.63) is 118 Å². The smallest absolute Gasteiger partial charge is 0.363 e. The van der Waals surface area contributed by atoms with Crippen LogP contribution in [0.4, 0.5) is 5.69 Å². The van der Waals surface area contributed by atoms with Gasteiger partial charge in [-0.3, -0.25) is 4.79 Å². The Kier molecular flexibility index (Phi) is 7.60. The van der Waals surface area contributed by atoms with Crippen LogP contribution in [0.2, 0.25) is 0 Å². The van der Waals surface area contributed by atoms with Crippen LogP contribution in [-0.2, 0) is 20.7 Å². The highest BCUT2D eigenvalue weighted by Crippen LogP contribution is 2.31. The van der Waals surface area contributed by atoms with Crippen molar-refractivity contribution in [3.8, 4) is 11.5 Å². The second-order valence-electron chi connectivity index (χ2n) is 8.40. The maximum atomic E-state index is 12.5. The molecule has 4 aromatic rings. The maximum Gasteiger partial charge on any atom is 0.363 e.